The number of aromatic nitrogens is 1. The van der Waals surface area contributed by atoms with Gasteiger partial charge >= 0.3 is 0 Å². The molecular formula is C36H23N. The molecule has 1 heterocycles. The van der Waals surface area contributed by atoms with E-state index in [4.69, 9.17) is 0 Å². The highest BCUT2D eigenvalue weighted by Crippen LogP contribution is 2.39. The average Bonchev–Trinajstić information content (AvgIpc) is 3.31. The fourth-order valence-electron chi connectivity index (χ4n) is 6.09. The van der Waals surface area contributed by atoms with Crippen LogP contribution in [0.25, 0.3) is 70.9 Å². The number of para-hydroxylation sites is 2. The molecule has 1 aromatic heterocycles. The van der Waals surface area contributed by atoms with Crippen LogP contribution in [0, 0.1) is 0 Å². The normalized spacial score (nSPS) is 11.8. The van der Waals surface area contributed by atoms with Gasteiger partial charge in [0.25, 0.3) is 0 Å². The van der Waals surface area contributed by atoms with Crippen LogP contribution >= 0.6 is 0 Å². The van der Waals surface area contributed by atoms with E-state index in [9.17, 15) is 0 Å². The van der Waals surface area contributed by atoms with Gasteiger partial charge in [-0.2, -0.15) is 0 Å². The molecule has 0 saturated carbocycles. The molecule has 8 aromatic rings. The van der Waals surface area contributed by atoms with Crippen LogP contribution in [0.3, 0.4) is 0 Å². The van der Waals surface area contributed by atoms with Crippen molar-refractivity contribution < 1.29 is 0 Å². The van der Waals surface area contributed by atoms with Crippen molar-refractivity contribution in [1.82, 2.24) is 4.57 Å². The Bertz CT molecular complexity index is 2100. The van der Waals surface area contributed by atoms with E-state index in [1.165, 1.54) is 70.9 Å². The van der Waals surface area contributed by atoms with Crippen molar-refractivity contribution in [1.29, 1.82) is 0 Å². The SMILES string of the molecule is c1ccc(-n2c3ccccc3c3ccc(-c4ccc5c6ccccc6c6ccccc6c5c4)cc32)cc1. The van der Waals surface area contributed by atoms with E-state index in [1.54, 1.807) is 0 Å². The van der Waals surface area contributed by atoms with Gasteiger partial charge in [0.2, 0.25) is 0 Å². The van der Waals surface area contributed by atoms with Crippen molar-refractivity contribution in [3.63, 3.8) is 0 Å². The van der Waals surface area contributed by atoms with E-state index < -0.39 is 0 Å². The first-order chi connectivity index (χ1) is 18.4. The summed E-state index contributed by atoms with van der Waals surface area (Å²) in [6, 6.07) is 50.8. The molecule has 0 atom stereocenters. The second kappa shape index (κ2) is 7.81. The molecule has 0 bridgehead atoms. The van der Waals surface area contributed by atoms with Gasteiger partial charge in [0.15, 0.2) is 0 Å². The molecule has 0 aliphatic rings. The Labute approximate surface area is 214 Å². The van der Waals surface area contributed by atoms with Crippen LogP contribution in [0.15, 0.2) is 140 Å². The Kier molecular flexibility index (Phi) is 4.29. The summed E-state index contributed by atoms with van der Waals surface area (Å²) in [6.07, 6.45) is 0. The van der Waals surface area contributed by atoms with E-state index in [2.05, 4.69) is 144 Å². The standard InChI is InChI=1S/C36H23N/c1-2-10-26(11-3-1)37-35-17-9-8-16-32(35)33-21-19-25(23-36(33)37)24-18-20-31-29-14-5-4-12-27(29)28-13-6-7-15-30(28)34(31)22-24/h1-23H. The van der Waals surface area contributed by atoms with Crippen LogP contribution in [0.5, 0.6) is 0 Å². The van der Waals surface area contributed by atoms with Gasteiger partial charge in [-0.15, -0.1) is 0 Å². The summed E-state index contributed by atoms with van der Waals surface area (Å²) in [5.41, 5.74) is 6.11. The monoisotopic (exact) mass is 469 g/mol. The Balaban J connectivity index is 1.42. The number of nitrogens with zero attached hydrogens (tertiary/aromatic N) is 1. The van der Waals surface area contributed by atoms with Gasteiger partial charge in [-0.05, 0) is 73.8 Å². The first kappa shape index (κ1) is 20.3. The Morgan fingerprint density at radius 2 is 0.757 bits per heavy atom. The molecular weight excluding hydrogens is 446 g/mol. The molecule has 0 fully saturated rings. The second-order valence-corrected chi connectivity index (χ2v) is 9.77. The number of hydrogen-bond acceptors (Lipinski definition) is 0. The highest BCUT2D eigenvalue weighted by Gasteiger charge is 2.14. The molecule has 37 heavy (non-hydrogen) atoms. The van der Waals surface area contributed by atoms with Crippen LogP contribution in [0.1, 0.15) is 0 Å². The van der Waals surface area contributed by atoms with Gasteiger partial charge in [0.05, 0.1) is 11.0 Å². The molecule has 0 N–H and O–H groups in total. The maximum Gasteiger partial charge on any atom is 0.0547 e. The third-order valence-corrected chi connectivity index (χ3v) is 7.77. The summed E-state index contributed by atoms with van der Waals surface area (Å²) in [5.74, 6) is 0. The number of fused-ring (bicyclic) bond motifs is 9. The van der Waals surface area contributed by atoms with Crippen molar-refractivity contribution in [2.24, 2.45) is 0 Å². The highest BCUT2D eigenvalue weighted by molar-refractivity contribution is 6.25. The number of rotatable bonds is 2. The smallest absolute Gasteiger partial charge is 0.0547 e. The lowest BCUT2D eigenvalue weighted by molar-refractivity contribution is 1.18. The zero-order chi connectivity index (χ0) is 24.3. The molecule has 0 spiro atoms. The molecule has 172 valence electrons. The molecule has 0 saturated heterocycles. The summed E-state index contributed by atoms with van der Waals surface area (Å²) >= 11 is 0. The maximum atomic E-state index is 2.39. The molecule has 7 aromatic carbocycles. The third kappa shape index (κ3) is 2.98. The number of benzene rings is 7. The molecule has 0 unspecified atom stereocenters. The molecule has 0 radical (unpaired) electrons. The quantitative estimate of drug-likeness (QED) is 0.222. The predicted molar refractivity (Wildman–Crippen MR) is 159 cm³/mol. The lowest BCUT2D eigenvalue weighted by atomic mass is 9.92. The minimum atomic E-state index is 1.18. The Hall–Kier alpha value is -4.88. The fourth-order valence-corrected chi connectivity index (χ4v) is 6.09. The van der Waals surface area contributed by atoms with Crippen LogP contribution in [0.2, 0.25) is 0 Å². The van der Waals surface area contributed by atoms with Gasteiger partial charge in [-0.1, -0.05) is 109 Å². The van der Waals surface area contributed by atoms with E-state index >= 15 is 0 Å². The van der Waals surface area contributed by atoms with Gasteiger partial charge in [0.1, 0.15) is 0 Å². The van der Waals surface area contributed by atoms with E-state index in [0.717, 1.165) is 0 Å². The molecule has 1 nitrogen and oxygen atoms in total. The van der Waals surface area contributed by atoms with Crippen LogP contribution < -0.4 is 0 Å². The van der Waals surface area contributed by atoms with Gasteiger partial charge in [-0.25, -0.2) is 0 Å². The molecule has 0 amide bonds. The van der Waals surface area contributed by atoms with Crippen LogP contribution in [-0.2, 0) is 0 Å². The predicted octanol–water partition coefficient (Wildman–Crippen LogP) is 9.91. The topological polar surface area (TPSA) is 4.93 Å². The summed E-state index contributed by atoms with van der Waals surface area (Å²) in [4.78, 5) is 0. The van der Waals surface area contributed by atoms with Crippen LogP contribution in [0.4, 0.5) is 0 Å². The summed E-state index contributed by atoms with van der Waals surface area (Å²) in [6.45, 7) is 0. The van der Waals surface area contributed by atoms with Crippen molar-refractivity contribution in [3.8, 4) is 16.8 Å². The first-order valence-electron chi connectivity index (χ1n) is 12.8. The van der Waals surface area contributed by atoms with Crippen molar-refractivity contribution in [3.05, 3.63) is 140 Å². The Morgan fingerprint density at radius 1 is 0.297 bits per heavy atom. The van der Waals surface area contributed by atoms with Gasteiger partial charge < -0.3 is 4.57 Å². The van der Waals surface area contributed by atoms with E-state index in [-0.39, 0.29) is 0 Å². The van der Waals surface area contributed by atoms with Crippen LogP contribution in [-0.4, -0.2) is 4.57 Å². The highest BCUT2D eigenvalue weighted by atomic mass is 15.0. The number of hydrogen-bond donors (Lipinski definition) is 0. The van der Waals surface area contributed by atoms with Crippen molar-refractivity contribution in [2.45, 2.75) is 0 Å². The maximum absolute atomic E-state index is 2.39. The molecule has 0 aliphatic heterocycles. The van der Waals surface area contributed by atoms with Gasteiger partial charge in [-0.3, -0.25) is 0 Å². The van der Waals surface area contributed by atoms with E-state index in [0.29, 0.717) is 0 Å². The molecule has 1 heteroatoms. The summed E-state index contributed by atoms with van der Waals surface area (Å²) < 4.78 is 2.39. The lowest BCUT2D eigenvalue weighted by Gasteiger charge is -2.12. The molecule has 0 aliphatic carbocycles. The van der Waals surface area contributed by atoms with Gasteiger partial charge in [0, 0.05) is 16.5 Å². The average molecular weight is 470 g/mol. The minimum absolute atomic E-state index is 1.18. The third-order valence-electron chi connectivity index (χ3n) is 7.77. The lowest BCUT2D eigenvalue weighted by Crippen LogP contribution is -1.93. The largest absolute Gasteiger partial charge is 0.309 e. The van der Waals surface area contributed by atoms with Crippen molar-refractivity contribution >= 4 is 54.1 Å². The second-order valence-electron chi connectivity index (χ2n) is 9.77. The minimum Gasteiger partial charge on any atom is -0.309 e. The first-order valence-corrected chi connectivity index (χ1v) is 12.8. The fraction of sp³-hybridized carbons (Fsp3) is 0. The summed E-state index contributed by atoms with van der Waals surface area (Å²) in [7, 11) is 0. The molecule has 8 rings (SSSR count). The Morgan fingerprint density at radius 3 is 1.43 bits per heavy atom. The van der Waals surface area contributed by atoms with E-state index in [1.807, 2.05) is 0 Å². The zero-order valence-corrected chi connectivity index (χ0v) is 20.2. The summed E-state index contributed by atoms with van der Waals surface area (Å²) in [5, 5.41) is 10.4. The zero-order valence-electron chi connectivity index (χ0n) is 20.2. The van der Waals surface area contributed by atoms with Crippen molar-refractivity contribution in [2.75, 3.05) is 0 Å².